The third kappa shape index (κ3) is 5.07. The van der Waals surface area contributed by atoms with Crippen molar-refractivity contribution in [2.45, 2.75) is 38.0 Å². The molecule has 1 atom stereocenters. The summed E-state index contributed by atoms with van der Waals surface area (Å²) in [5.74, 6) is 0.792. The second-order valence-corrected chi connectivity index (χ2v) is 8.41. The third-order valence-corrected chi connectivity index (χ3v) is 5.60. The number of carbonyl (C=O) groups excluding carboxylic acids is 1. The SMILES string of the molecule is CC(C)Cc1ccc(C(C)C(=O)N2CCN(c3ccc(S)cc3)CC2)cc1. The van der Waals surface area contributed by atoms with Gasteiger partial charge in [-0.2, -0.15) is 0 Å². The average Bonchev–Trinajstić information content (AvgIpc) is 2.68. The highest BCUT2D eigenvalue weighted by Crippen LogP contribution is 2.23. The van der Waals surface area contributed by atoms with Crippen molar-refractivity contribution in [1.29, 1.82) is 0 Å². The lowest BCUT2D eigenvalue weighted by molar-refractivity contribution is -0.132. The van der Waals surface area contributed by atoms with Crippen molar-refractivity contribution in [1.82, 2.24) is 4.90 Å². The van der Waals surface area contributed by atoms with Crippen molar-refractivity contribution >= 4 is 24.2 Å². The summed E-state index contributed by atoms with van der Waals surface area (Å²) < 4.78 is 0. The normalized spacial score (nSPS) is 15.9. The number of thiol groups is 1. The standard InChI is InChI=1S/C23H30N2OS/c1-17(2)16-19-4-6-20(7-5-19)18(3)23(26)25-14-12-24(13-15-25)21-8-10-22(27)11-9-21/h4-11,17-18,27H,12-16H2,1-3H3. The lowest BCUT2D eigenvalue weighted by Gasteiger charge is -2.37. The molecule has 0 N–H and O–H groups in total. The first-order valence-electron chi connectivity index (χ1n) is 9.85. The van der Waals surface area contributed by atoms with E-state index in [0.29, 0.717) is 5.92 Å². The molecule has 1 aliphatic heterocycles. The minimum absolute atomic E-state index is 0.0897. The van der Waals surface area contributed by atoms with Crippen LogP contribution in [-0.4, -0.2) is 37.0 Å². The first-order chi connectivity index (χ1) is 12.9. The van der Waals surface area contributed by atoms with Crippen LogP contribution < -0.4 is 4.90 Å². The van der Waals surface area contributed by atoms with Crippen molar-refractivity contribution in [3.8, 4) is 0 Å². The van der Waals surface area contributed by atoms with Gasteiger partial charge in [0.1, 0.15) is 0 Å². The second-order valence-electron chi connectivity index (χ2n) is 7.89. The summed E-state index contributed by atoms with van der Waals surface area (Å²) in [6.45, 7) is 9.78. The Morgan fingerprint density at radius 2 is 1.52 bits per heavy atom. The summed E-state index contributed by atoms with van der Waals surface area (Å²) in [6.07, 6.45) is 1.08. The van der Waals surface area contributed by atoms with Crippen LogP contribution >= 0.6 is 12.6 Å². The van der Waals surface area contributed by atoms with Crippen molar-refractivity contribution < 1.29 is 4.79 Å². The lowest BCUT2D eigenvalue weighted by Crippen LogP contribution is -2.49. The minimum Gasteiger partial charge on any atom is -0.368 e. The Bertz CT molecular complexity index is 747. The van der Waals surface area contributed by atoms with Crippen molar-refractivity contribution in [2.75, 3.05) is 31.1 Å². The van der Waals surface area contributed by atoms with Gasteiger partial charge in [0.05, 0.1) is 5.92 Å². The predicted molar refractivity (Wildman–Crippen MR) is 116 cm³/mol. The fraction of sp³-hybridized carbons (Fsp3) is 0.435. The Balaban J connectivity index is 1.57. The summed E-state index contributed by atoms with van der Waals surface area (Å²) in [5.41, 5.74) is 3.65. The highest BCUT2D eigenvalue weighted by molar-refractivity contribution is 7.80. The number of anilines is 1. The summed E-state index contributed by atoms with van der Waals surface area (Å²) in [5, 5.41) is 0. The molecular weight excluding hydrogens is 352 g/mol. The molecule has 1 aliphatic rings. The first-order valence-corrected chi connectivity index (χ1v) is 10.3. The number of amides is 1. The smallest absolute Gasteiger partial charge is 0.229 e. The Morgan fingerprint density at radius 3 is 2.07 bits per heavy atom. The Hall–Kier alpha value is -1.94. The van der Waals surface area contributed by atoms with Crippen LogP contribution in [-0.2, 0) is 11.2 Å². The van der Waals surface area contributed by atoms with Gasteiger partial charge < -0.3 is 9.80 Å². The van der Waals surface area contributed by atoms with E-state index >= 15 is 0 Å². The summed E-state index contributed by atoms with van der Waals surface area (Å²) in [7, 11) is 0. The van der Waals surface area contributed by atoms with E-state index in [4.69, 9.17) is 0 Å². The monoisotopic (exact) mass is 382 g/mol. The van der Waals surface area contributed by atoms with E-state index in [2.05, 4.69) is 67.8 Å². The molecule has 27 heavy (non-hydrogen) atoms. The topological polar surface area (TPSA) is 23.6 Å². The molecule has 0 saturated carbocycles. The number of hydrogen-bond donors (Lipinski definition) is 1. The van der Waals surface area contributed by atoms with Gasteiger partial charge >= 0.3 is 0 Å². The molecule has 0 radical (unpaired) electrons. The van der Waals surface area contributed by atoms with E-state index in [0.717, 1.165) is 43.1 Å². The van der Waals surface area contributed by atoms with Crippen LogP contribution in [0.5, 0.6) is 0 Å². The summed E-state index contributed by atoms with van der Waals surface area (Å²) in [6, 6.07) is 16.8. The quantitative estimate of drug-likeness (QED) is 0.763. The van der Waals surface area contributed by atoms with Crippen LogP contribution in [0.4, 0.5) is 5.69 Å². The average molecular weight is 383 g/mol. The molecule has 1 saturated heterocycles. The van der Waals surface area contributed by atoms with Gasteiger partial charge in [0.25, 0.3) is 0 Å². The molecule has 3 nitrogen and oxygen atoms in total. The van der Waals surface area contributed by atoms with E-state index in [1.807, 2.05) is 24.0 Å². The molecule has 2 aromatic carbocycles. The van der Waals surface area contributed by atoms with E-state index in [-0.39, 0.29) is 11.8 Å². The molecule has 1 heterocycles. The molecule has 1 fully saturated rings. The molecule has 1 amide bonds. The highest BCUT2D eigenvalue weighted by Gasteiger charge is 2.25. The van der Waals surface area contributed by atoms with Crippen LogP contribution in [0, 0.1) is 5.92 Å². The van der Waals surface area contributed by atoms with Gasteiger partial charge in [-0.15, -0.1) is 12.6 Å². The predicted octanol–water partition coefficient (Wildman–Crippen LogP) is 4.63. The van der Waals surface area contributed by atoms with Crippen molar-refractivity contribution in [2.24, 2.45) is 5.92 Å². The number of hydrogen-bond acceptors (Lipinski definition) is 3. The second kappa shape index (κ2) is 8.83. The minimum atomic E-state index is -0.0897. The van der Waals surface area contributed by atoms with E-state index < -0.39 is 0 Å². The van der Waals surface area contributed by atoms with Gasteiger partial charge in [-0.05, 0) is 54.7 Å². The van der Waals surface area contributed by atoms with E-state index in [1.54, 1.807) is 0 Å². The molecule has 4 heteroatoms. The molecule has 2 aromatic rings. The highest BCUT2D eigenvalue weighted by atomic mass is 32.1. The number of benzene rings is 2. The van der Waals surface area contributed by atoms with E-state index in [1.165, 1.54) is 11.3 Å². The largest absolute Gasteiger partial charge is 0.368 e. The Labute approximate surface area is 168 Å². The number of carbonyl (C=O) groups is 1. The van der Waals surface area contributed by atoms with Gasteiger partial charge in [-0.1, -0.05) is 38.1 Å². The van der Waals surface area contributed by atoms with Gasteiger partial charge in [0.2, 0.25) is 5.91 Å². The van der Waals surface area contributed by atoms with Gasteiger partial charge in [-0.3, -0.25) is 4.79 Å². The molecule has 0 bridgehead atoms. The van der Waals surface area contributed by atoms with Crippen LogP contribution in [0.2, 0.25) is 0 Å². The molecule has 0 aliphatic carbocycles. The summed E-state index contributed by atoms with van der Waals surface area (Å²) in [4.78, 5) is 18.3. The molecular formula is C23H30N2OS. The van der Waals surface area contributed by atoms with Crippen LogP contribution in [0.15, 0.2) is 53.4 Å². The maximum Gasteiger partial charge on any atom is 0.229 e. The van der Waals surface area contributed by atoms with Crippen LogP contribution in [0.25, 0.3) is 0 Å². The molecule has 0 aromatic heterocycles. The molecule has 3 rings (SSSR count). The summed E-state index contributed by atoms with van der Waals surface area (Å²) >= 11 is 4.34. The number of piperazine rings is 1. The number of rotatable bonds is 5. The zero-order valence-electron chi connectivity index (χ0n) is 16.6. The fourth-order valence-electron chi connectivity index (χ4n) is 3.68. The van der Waals surface area contributed by atoms with E-state index in [9.17, 15) is 4.79 Å². The first kappa shape index (κ1) is 19.8. The van der Waals surface area contributed by atoms with Crippen molar-refractivity contribution in [3.05, 3.63) is 59.7 Å². The Kier molecular flexibility index (Phi) is 6.48. The van der Waals surface area contributed by atoms with Gasteiger partial charge in [0.15, 0.2) is 0 Å². The maximum absolute atomic E-state index is 12.9. The van der Waals surface area contributed by atoms with Crippen molar-refractivity contribution in [3.63, 3.8) is 0 Å². The van der Waals surface area contributed by atoms with Gasteiger partial charge in [0, 0.05) is 36.8 Å². The molecule has 144 valence electrons. The molecule has 1 unspecified atom stereocenters. The van der Waals surface area contributed by atoms with Crippen LogP contribution in [0.3, 0.4) is 0 Å². The zero-order valence-corrected chi connectivity index (χ0v) is 17.5. The van der Waals surface area contributed by atoms with Gasteiger partial charge in [-0.25, -0.2) is 0 Å². The van der Waals surface area contributed by atoms with Crippen LogP contribution in [0.1, 0.15) is 37.8 Å². The third-order valence-electron chi connectivity index (χ3n) is 5.30. The maximum atomic E-state index is 12.9. The number of nitrogens with zero attached hydrogens (tertiary/aromatic N) is 2. The zero-order chi connectivity index (χ0) is 19.4. The molecule has 0 spiro atoms. The lowest BCUT2D eigenvalue weighted by atomic mass is 9.95. The Morgan fingerprint density at radius 1 is 0.926 bits per heavy atom. The fourth-order valence-corrected chi connectivity index (χ4v) is 3.83.